The third kappa shape index (κ3) is 1.97. The number of hydrogen-bond donors (Lipinski definition) is 0. The first-order valence-corrected chi connectivity index (χ1v) is 7.73. The zero-order valence-corrected chi connectivity index (χ0v) is 12.6. The molecule has 0 fully saturated rings. The van der Waals surface area contributed by atoms with E-state index in [1.54, 1.807) is 12.1 Å². The van der Waals surface area contributed by atoms with Gasteiger partial charge in [0.2, 0.25) is 5.69 Å². The minimum atomic E-state index is -2.12. The molecule has 0 saturated carbocycles. The molecule has 0 spiro atoms. The lowest BCUT2D eigenvalue weighted by atomic mass is 9.95. The lowest BCUT2D eigenvalue weighted by molar-refractivity contribution is -0.671. The van der Waals surface area contributed by atoms with Gasteiger partial charge in [-0.25, -0.2) is 0 Å². The fourth-order valence-corrected chi connectivity index (χ4v) is 3.34. The van der Waals surface area contributed by atoms with Crippen LogP contribution < -0.4 is 4.57 Å². The molecule has 0 aliphatic carbocycles. The summed E-state index contributed by atoms with van der Waals surface area (Å²) < 4.78 is 25.9. The molecule has 0 atom stereocenters. The predicted molar refractivity (Wildman–Crippen MR) is 90.7 cm³/mol. The Hall–Kier alpha value is -2.41. The van der Waals surface area contributed by atoms with Crippen LogP contribution in [0.15, 0.2) is 60.8 Å². The van der Waals surface area contributed by atoms with Crippen LogP contribution in [-0.4, -0.2) is 0 Å². The first-order chi connectivity index (χ1) is 12.0. The van der Waals surface area contributed by atoms with Gasteiger partial charge in [0.1, 0.15) is 0 Å². The number of fused-ring (bicyclic) bond motifs is 3. The number of rotatable bonds is 2. The van der Waals surface area contributed by atoms with Crippen molar-refractivity contribution in [1.29, 1.82) is 0 Å². The van der Waals surface area contributed by atoms with Crippen LogP contribution in [0.1, 0.15) is 27.7 Å². The van der Waals surface area contributed by atoms with Crippen molar-refractivity contribution in [2.24, 2.45) is 0 Å². The molecule has 2 heterocycles. The molecule has 1 nitrogen and oxygen atoms in total. The van der Waals surface area contributed by atoms with E-state index in [9.17, 15) is 0 Å². The van der Waals surface area contributed by atoms with Gasteiger partial charge in [-0.05, 0) is 36.0 Å². The van der Waals surface area contributed by atoms with Crippen LogP contribution in [-0.2, 0) is 13.0 Å². The Labute approximate surface area is 136 Å². The summed E-state index contributed by atoms with van der Waals surface area (Å²) in [6.45, 7) is 0.835. The van der Waals surface area contributed by atoms with E-state index < -0.39 is 6.85 Å². The van der Waals surface area contributed by atoms with Crippen LogP contribution in [0.5, 0.6) is 0 Å². The fourth-order valence-electron chi connectivity index (χ4n) is 3.34. The molecule has 22 heavy (non-hydrogen) atoms. The largest absolute Gasteiger partial charge is 0.213 e. The van der Waals surface area contributed by atoms with Crippen molar-refractivity contribution in [2.45, 2.75) is 26.7 Å². The van der Waals surface area contributed by atoms with Crippen LogP contribution in [0, 0.1) is 6.85 Å². The Morgan fingerprint density at radius 1 is 1.00 bits per heavy atom. The smallest absolute Gasteiger partial charge is 0.193 e. The second-order valence-electron chi connectivity index (χ2n) is 5.78. The molecular weight excluding hydrogens is 266 g/mol. The molecule has 0 N–H and O–H groups in total. The van der Waals surface area contributed by atoms with Gasteiger partial charge in [-0.3, -0.25) is 0 Å². The molecule has 0 amide bonds. The number of benzene rings is 2. The summed E-state index contributed by atoms with van der Waals surface area (Å²) in [6, 6.07) is 18.0. The molecule has 0 saturated heterocycles. The van der Waals surface area contributed by atoms with Crippen molar-refractivity contribution in [2.75, 3.05) is 0 Å². The molecule has 108 valence electrons. The van der Waals surface area contributed by atoms with Gasteiger partial charge in [0.05, 0.1) is 5.56 Å². The summed E-state index contributed by atoms with van der Waals surface area (Å²) in [5.41, 5.74) is 7.22. The molecule has 1 aliphatic heterocycles. The van der Waals surface area contributed by atoms with Crippen molar-refractivity contribution < 1.29 is 8.68 Å². The molecule has 0 radical (unpaired) electrons. The summed E-state index contributed by atoms with van der Waals surface area (Å²) >= 11 is 0. The highest BCUT2D eigenvalue weighted by Crippen LogP contribution is 2.32. The monoisotopic (exact) mass is 289 g/mol. The van der Waals surface area contributed by atoms with Gasteiger partial charge in [0, 0.05) is 21.3 Å². The van der Waals surface area contributed by atoms with Crippen LogP contribution in [0.25, 0.3) is 22.4 Å². The number of aryl methyl sites for hydroxylation is 2. The van der Waals surface area contributed by atoms with Gasteiger partial charge in [0.25, 0.3) is 0 Å². The summed E-state index contributed by atoms with van der Waals surface area (Å²) in [4.78, 5) is 0. The minimum absolute atomic E-state index is 0.417. The highest BCUT2D eigenvalue weighted by molar-refractivity contribution is 5.72. The quantitative estimate of drug-likeness (QED) is 0.477. The second kappa shape index (κ2) is 5.10. The molecule has 3 aromatic rings. The summed E-state index contributed by atoms with van der Waals surface area (Å²) in [5, 5.41) is 0. The Balaban J connectivity index is 1.93. The van der Waals surface area contributed by atoms with Gasteiger partial charge in [-0.15, -0.1) is 0 Å². The zero-order valence-electron chi connectivity index (χ0n) is 15.6. The Morgan fingerprint density at radius 3 is 2.59 bits per heavy atom. The summed E-state index contributed by atoms with van der Waals surface area (Å²) in [7, 11) is 0. The SMILES string of the molecule is [2H]C([2H])([2H])c1ccccc1-c1c[n+]2c(cc1CC)-c1ccccc1C2. The van der Waals surface area contributed by atoms with Crippen LogP contribution in [0.3, 0.4) is 0 Å². The molecule has 1 aliphatic rings. The van der Waals surface area contributed by atoms with E-state index in [4.69, 9.17) is 4.11 Å². The van der Waals surface area contributed by atoms with Crippen molar-refractivity contribution in [3.05, 3.63) is 77.5 Å². The number of pyridine rings is 1. The lowest BCUT2D eigenvalue weighted by Crippen LogP contribution is -2.32. The highest BCUT2D eigenvalue weighted by atomic mass is 15.0. The van der Waals surface area contributed by atoms with Crippen LogP contribution >= 0.6 is 0 Å². The van der Waals surface area contributed by atoms with E-state index in [1.807, 2.05) is 12.1 Å². The normalized spacial score (nSPS) is 14.7. The van der Waals surface area contributed by atoms with Crippen molar-refractivity contribution in [3.8, 4) is 22.4 Å². The minimum Gasteiger partial charge on any atom is -0.193 e. The Kier molecular flexibility index (Phi) is 2.40. The molecule has 2 aromatic carbocycles. The number of nitrogens with zero attached hydrogens (tertiary/aromatic N) is 1. The molecule has 1 heteroatoms. The van der Waals surface area contributed by atoms with E-state index in [0.29, 0.717) is 5.56 Å². The van der Waals surface area contributed by atoms with E-state index >= 15 is 0 Å². The lowest BCUT2D eigenvalue weighted by Gasteiger charge is -2.10. The summed E-state index contributed by atoms with van der Waals surface area (Å²) in [6.07, 6.45) is 2.99. The van der Waals surface area contributed by atoms with Gasteiger partial charge in [0.15, 0.2) is 12.7 Å². The average molecular weight is 289 g/mol. The molecule has 0 unspecified atom stereocenters. The van der Waals surface area contributed by atoms with E-state index in [1.165, 1.54) is 22.4 Å². The standard InChI is InChI=1S/C21H20N/c1-3-16-12-21-19-11-7-5-9-17(19)13-22(21)14-20(16)18-10-6-4-8-15(18)2/h4-12,14H,3,13H2,1-2H3/q+1/i2D3. The topological polar surface area (TPSA) is 3.88 Å². The van der Waals surface area contributed by atoms with Gasteiger partial charge in [-0.2, -0.15) is 4.57 Å². The zero-order chi connectivity index (χ0) is 17.6. The Morgan fingerprint density at radius 2 is 1.77 bits per heavy atom. The van der Waals surface area contributed by atoms with E-state index in [2.05, 4.69) is 48.0 Å². The first-order valence-electron chi connectivity index (χ1n) is 9.23. The molecule has 4 rings (SSSR count). The second-order valence-corrected chi connectivity index (χ2v) is 5.78. The third-order valence-corrected chi connectivity index (χ3v) is 4.48. The number of aromatic nitrogens is 1. The fraction of sp³-hybridized carbons (Fsp3) is 0.190. The van der Waals surface area contributed by atoms with Gasteiger partial charge < -0.3 is 0 Å². The van der Waals surface area contributed by atoms with Crippen LogP contribution in [0.2, 0.25) is 0 Å². The average Bonchev–Trinajstić information content (AvgIpc) is 2.97. The van der Waals surface area contributed by atoms with Gasteiger partial charge >= 0.3 is 0 Å². The Bertz CT molecular complexity index is 958. The maximum absolute atomic E-state index is 7.88. The first kappa shape index (κ1) is 10.3. The molecule has 0 bridgehead atoms. The van der Waals surface area contributed by atoms with Gasteiger partial charge in [-0.1, -0.05) is 49.4 Å². The maximum atomic E-state index is 7.88. The van der Waals surface area contributed by atoms with Crippen molar-refractivity contribution >= 4 is 0 Å². The third-order valence-electron chi connectivity index (χ3n) is 4.48. The molecule has 1 aromatic heterocycles. The number of hydrogen-bond acceptors (Lipinski definition) is 0. The highest BCUT2D eigenvalue weighted by Gasteiger charge is 2.27. The van der Waals surface area contributed by atoms with Crippen molar-refractivity contribution in [1.82, 2.24) is 0 Å². The van der Waals surface area contributed by atoms with Crippen molar-refractivity contribution in [3.63, 3.8) is 0 Å². The summed E-state index contributed by atoms with van der Waals surface area (Å²) in [5.74, 6) is 0. The molecular formula is C21H20N+. The van der Waals surface area contributed by atoms with E-state index in [-0.39, 0.29) is 0 Å². The van der Waals surface area contributed by atoms with Crippen LogP contribution in [0.4, 0.5) is 0 Å². The predicted octanol–water partition coefficient (Wildman–Crippen LogP) is 4.54. The maximum Gasteiger partial charge on any atom is 0.213 e. The van der Waals surface area contributed by atoms with E-state index in [0.717, 1.165) is 24.1 Å².